The minimum absolute atomic E-state index is 0. The van der Waals surface area contributed by atoms with E-state index in [1.807, 2.05) is 0 Å². The summed E-state index contributed by atoms with van der Waals surface area (Å²) in [5.41, 5.74) is -13.4. The molecule has 0 fully saturated rings. The molecule has 0 aromatic heterocycles. The third kappa shape index (κ3) is 9.88. The molecule has 0 rings (SSSR count). The van der Waals surface area contributed by atoms with Gasteiger partial charge in [0.15, 0.2) is 0 Å². The Labute approximate surface area is 196 Å². The summed E-state index contributed by atoms with van der Waals surface area (Å²) in [6, 6.07) is 0.610. The van der Waals surface area contributed by atoms with Crippen molar-refractivity contribution in [1.82, 2.24) is 0 Å². The number of hydrogen-bond acceptors (Lipinski definition) is 3. The van der Waals surface area contributed by atoms with Crippen molar-refractivity contribution in [3.05, 3.63) is 7.43 Å². The predicted octanol–water partition coefficient (Wildman–Crippen LogP) is 6.77. The van der Waals surface area contributed by atoms with E-state index in [1.165, 1.54) is 27.3 Å². The molecular formula is C13H14F18NO2Ta-. The van der Waals surface area contributed by atoms with Gasteiger partial charge in [-0.15, -0.1) is 0 Å². The van der Waals surface area contributed by atoms with Gasteiger partial charge in [0.2, 0.25) is 0 Å². The number of rotatable bonds is 2. The Balaban J connectivity index is -0.000000219. The number of aliphatic hydroxyl groups is 2. The Morgan fingerprint density at radius 3 is 0.686 bits per heavy atom. The van der Waals surface area contributed by atoms with E-state index in [0.717, 1.165) is 0 Å². The van der Waals surface area contributed by atoms with E-state index >= 15 is 0 Å². The number of halogens is 18. The molecule has 1 atom stereocenters. The van der Waals surface area contributed by atoms with Crippen LogP contribution in [0.1, 0.15) is 20.3 Å². The van der Waals surface area contributed by atoms with Crippen molar-refractivity contribution in [2.45, 2.75) is 74.6 Å². The molecule has 0 aromatic rings. The molecule has 0 aliphatic carbocycles. The number of hydrogen-bond donors (Lipinski definition) is 2. The Kier molecular flexibility index (Phi) is 14.9. The van der Waals surface area contributed by atoms with E-state index < -0.39 is 48.3 Å². The molecular weight excluding hydrogens is 725 g/mol. The SMILES string of the molecule is CCC(C)[N]=[Ta].OC(C(F)(F)F)(C(F)(F)F)C(F)(F)F.OC(C(F)(F)F)(C(F)(F)F)C(F)(F)F.[CH3-]. The quantitative estimate of drug-likeness (QED) is 0.243. The second kappa shape index (κ2) is 12.6. The summed E-state index contributed by atoms with van der Waals surface area (Å²) >= 11 is 1.18. The molecule has 3 nitrogen and oxygen atoms in total. The molecule has 0 spiro atoms. The first-order valence-electron chi connectivity index (χ1n) is 7.50. The number of nitrogens with zero attached hydrogens (tertiary/aromatic N) is 1. The molecule has 0 aliphatic rings. The van der Waals surface area contributed by atoms with Gasteiger partial charge in [-0.25, -0.2) is 0 Å². The van der Waals surface area contributed by atoms with Crippen molar-refractivity contribution in [3.8, 4) is 0 Å². The van der Waals surface area contributed by atoms with Gasteiger partial charge in [0.05, 0.1) is 0 Å². The second-order valence-corrected chi connectivity index (χ2v) is 6.61. The Morgan fingerprint density at radius 1 is 0.543 bits per heavy atom. The maximum atomic E-state index is 11.4. The fourth-order valence-electron chi connectivity index (χ4n) is 1.05. The van der Waals surface area contributed by atoms with Crippen LogP contribution in [0.3, 0.4) is 0 Å². The molecule has 22 heteroatoms. The van der Waals surface area contributed by atoms with Gasteiger partial charge < -0.3 is 17.6 Å². The van der Waals surface area contributed by atoms with Crippen molar-refractivity contribution in [2.75, 3.05) is 0 Å². The molecule has 0 aliphatic heterocycles. The molecule has 0 saturated carbocycles. The van der Waals surface area contributed by atoms with Crippen LogP contribution in [0.25, 0.3) is 0 Å². The van der Waals surface area contributed by atoms with Gasteiger partial charge in [-0.3, -0.25) is 0 Å². The first-order valence-corrected chi connectivity index (χ1v) is 8.94. The van der Waals surface area contributed by atoms with Crippen molar-refractivity contribution in [1.29, 1.82) is 0 Å². The van der Waals surface area contributed by atoms with Gasteiger partial charge in [0, 0.05) is 0 Å². The van der Waals surface area contributed by atoms with E-state index in [0.29, 0.717) is 6.04 Å². The summed E-state index contributed by atoms with van der Waals surface area (Å²) in [5.74, 6) is 0. The molecule has 215 valence electrons. The van der Waals surface area contributed by atoms with Gasteiger partial charge >= 0.3 is 98.8 Å². The van der Waals surface area contributed by atoms with Crippen molar-refractivity contribution >= 4 is 0 Å². The summed E-state index contributed by atoms with van der Waals surface area (Å²) in [7, 11) is 0. The average molecular weight is 739 g/mol. The van der Waals surface area contributed by atoms with Gasteiger partial charge in [-0.1, -0.05) is 0 Å². The molecule has 0 radical (unpaired) electrons. The monoisotopic (exact) mass is 739 g/mol. The third-order valence-electron chi connectivity index (χ3n) is 3.25. The molecule has 0 aromatic carbocycles. The summed E-state index contributed by atoms with van der Waals surface area (Å²) < 4.78 is 209. The minimum Gasteiger partial charge on any atom is -0.367 e. The minimum atomic E-state index is -6.87. The Morgan fingerprint density at radius 2 is 0.686 bits per heavy atom. The van der Waals surface area contributed by atoms with Gasteiger partial charge in [0.25, 0.3) is 0 Å². The molecule has 35 heavy (non-hydrogen) atoms. The summed E-state index contributed by atoms with van der Waals surface area (Å²) in [6.45, 7) is 4.29. The van der Waals surface area contributed by atoms with Crippen LogP contribution in [0, 0.1) is 7.43 Å². The zero-order valence-corrected chi connectivity index (χ0v) is 20.1. The molecule has 0 bridgehead atoms. The first kappa shape index (κ1) is 41.3. The summed E-state index contributed by atoms with van der Waals surface area (Å²) in [4.78, 5) is 0. The molecule has 2 N–H and O–H groups in total. The maximum absolute atomic E-state index is 11.4. The predicted molar refractivity (Wildman–Crippen MR) is 74.8 cm³/mol. The average Bonchev–Trinajstić information content (AvgIpc) is 2.54. The van der Waals surface area contributed by atoms with E-state index in [9.17, 15) is 79.0 Å². The largest absolute Gasteiger partial charge is 0.435 e. The fraction of sp³-hybridized carbons (Fsp3) is 0.923. The smallest absolute Gasteiger partial charge is 0.367 e. The van der Waals surface area contributed by atoms with Gasteiger partial charge in [-0.2, -0.15) is 79.0 Å². The van der Waals surface area contributed by atoms with Gasteiger partial charge in [0.1, 0.15) is 0 Å². The Hall–Kier alpha value is -0.800. The fourth-order valence-corrected chi connectivity index (χ4v) is 1.63. The van der Waals surface area contributed by atoms with Crippen LogP contribution < -0.4 is 0 Å². The number of alkyl halides is 18. The third-order valence-corrected chi connectivity index (χ3v) is 4.67. The van der Waals surface area contributed by atoms with Crippen LogP contribution in [0.2, 0.25) is 0 Å². The van der Waals surface area contributed by atoms with E-state index in [1.54, 1.807) is 0 Å². The summed E-state index contributed by atoms with van der Waals surface area (Å²) in [6.07, 6.45) is -40.0. The normalized spacial score (nSPS) is 15.0. The van der Waals surface area contributed by atoms with Crippen molar-refractivity contribution < 1.29 is 110 Å². The van der Waals surface area contributed by atoms with Crippen LogP contribution in [0.4, 0.5) is 79.0 Å². The van der Waals surface area contributed by atoms with Gasteiger partial charge in [-0.05, 0) is 0 Å². The van der Waals surface area contributed by atoms with E-state index in [-0.39, 0.29) is 7.43 Å². The standard InChI is InChI=1S/2C4HF9O.C4H9N.CH3.Ta/c2*5-2(6,7)1(14,3(8,9)10)4(11,12)13;1-3-4(2)5;;/h2*14H;4H,3H2,1-2H3;1H3;/q;;;-1;. The molecule has 1 unspecified atom stereocenters. The first-order chi connectivity index (χ1) is 14.3. The maximum Gasteiger partial charge on any atom is 0.435 e. The zero-order valence-electron chi connectivity index (χ0n) is 16.9. The van der Waals surface area contributed by atoms with Crippen LogP contribution in [0.15, 0.2) is 3.34 Å². The second-order valence-electron chi connectivity index (χ2n) is 5.78. The van der Waals surface area contributed by atoms with Crippen LogP contribution >= 0.6 is 0 Å². The van der Waals surface area contributed by atoms with Crippen LogP contribution in [-0.4, -0.2) is 64.5 Å². The van der Waals surface area contributed by atoms with Crippen molar-refractivity contribution in [3.63, 3.8) is 0 Å². The van der Waals surface area contributed by atoms with E-state index in [4.69, 9.17) is 10.2 Å². The van der Waals surface area contributed by atoms with Crippen LogP contribution in [-0.2, 0) is 20.9 Å². The zero-order chi connectivity index (χ0) is 29.0. The summed E-state index contributed by atoms with van der Waals surface area (Å²) in [5, 5.41) is 15.3. The van der Waals surface area contributed by atoms with Crippen molar-refractivity contribution in [2.24, 2.45) is 3.34 Å². The molecule has 0 heterocycles. The molecule has 0 amide bonds. The Bertz CT molecular complexity index is 507. The molecule has 0 saturated heterocycles. The van der Waals surface area contributed by atoms with Crippen LogP contribution in [0.5, 0.6) is 0 Å². The topological polar surface area (TPSA) is 52.8 Å². The van der Waals surface area contributed by atoms with E-state index in [2.05, 4.69) is 17.2 Å².